The molecule has 2 atom stereocenters. The highest BCUT2D eigenvalue weighted by atomic mass is 35.5. The van der Waals surface area contributed by atoms with Gasteiger partial charge in [-0.15, -0.1) is 5.10 Å². The van der Waals surface area contributed by atoms with Crippen molar-refractivity contribution in [2.75, 3.05) is 24.7 Å². The van der Waals surface area contributed by atoms with Gasteiger partial charge in [-0.25, -0.2) is 17.9 Å². The lowest BCUT2D eigenvalue weighted by Gasteiger charge is -2.38. The van der Waals surface area contributed by atoms with Gasteiger partial charge in [-0.05, 0) is 19.3 Å². The third kappa shape index (κ3) is 3.46. The van der Waals surface area contributed by atoms with E-state index in [1.807, 2.05) is 0 Å². The summed E-state index contributed by atoms with van der Waals surface area (Å²) in [6.07, 6.45) is 5.25. The largest absolute Gasteiger partial charge is 0.390 e. The number of aliphatic hydroxyl groups excluding tert-OH is 1. The molecule has 0 spiro atoms. The number of anilines is 1. The number of halogens is 1. The third-order valence-corrected chi connectivity index (χ3v) is 7.75. The summed E-state index contributed by atoms with van der Waals surface area (Å²) in [4.78, 5) is 4.30. The number of piperidine rings is 1. The zero-order valence-corrected chi connectivity index (χ0v) is 17.8. The lowest BCUT2D eigenvalue weighted by Crippen LogP contribution is -2.51. The number of aliphatic hydroxyl groups is 1. The fraction of sp³-hybridized carbons (Fsp3) is 0.611. The van der Waals surface area contributed by atoms with Gasteiger partial charge in [-0.1, -0.05) is 24.9 Å². The number of sulfonamides is 1. The minimum Gasteiger partial charge on any atom is -0.390 e. The van der Waals surface area contributed by atoms with Crippen LogP contribution in [0.1, 0.15) is 43.9 Å². The number of rotatable bonds is 4. The van der Waals surface area contributed by atoms with E-state index in [4.69, 9.17) is 11.6 Å². The number of aromatic nitrogens is 3. The first-order valence-electron chi connectivity index (χ1n) is 9.51. The van der Waals surface area contributed by atoms with Crippen LogP contribution in [-0.4, -0.2) is 63.9 Å². The van der Waals surface area contributed by atoms with Crippen molar-refractivity contribution >= 4 is 33.1 Å². The van der Waals surface area contributed by atoms with E-state index in [0.717, 1.165) is 31.2 Å². The molecule has 3 heterocycles. The number of fused-ring (bicyclic) bond motifs is 1. The summed E-state index contributed by atoms with van der Waals surface area (Å²) in [7, 11) is -3.34. The van der Waals surface area contributed by atoms with Crippen molar-refractivity contribution in [1.82, 2.24) is 18.9 Å². The second kappa shape index (κ2) is 7.09. The zero-order valence-electron chi connectivity index (χ0n) is 16.3. The van der Waals surface area contributed by atoms with Crippen molar-refractivity contribution in [3.8, 4) is 6.07 Å². The van der Waals surface area contributed by atoms with E-state index in [1.54, 1.807) is 10.7 Å². The monoisotopic (exact) mass is 438 g/mol. The lowest BCUT2D eigenvalue weighted by atomic mass is 9.67. The molecule has 1 aliphatic carbocycles. The van der Waals surface area contributed by atoms with E-state index in [0.29, 0.717) is 35.0 Å². The normalized spacial score (nSPS) is 24.8. The average Bonchev–Trinajstić information content (AvgIpc) is 2.92. The minimum absolute atomic E-state index is 0.0238. The fourth-order valence-corrected chi connectivity index (χ4v) is 5.34. The molecule has 0 amide bonds. The molecule has 1 aliphatic heterocycles. The first-order chi connectivity index (χ1) is 13.6. The van der Waals surface area contributed by atoms with Gasteiger partial charge >= 0.3 is 0 Å². The number of nitrogens with one attached hydrogen (secondary N) is 1. The van der Waals surface area contributed by atoms with Crippen LogP contribution in [0.15, 0.2) is 6.20 Å². The Balaban J connectivity index is 1.65. The Bertz CT molecular complexity index is 1100. The van der Waals surface area contributed by atoms with E-state index in [1.165, 1.54) is 4.31 Å². The molecule has 1 saturated carbocycles. The highest BCUT2D eigenvalue weighted by Crippen LogP contribution is 2.46. The highest BCUT2D eigenvalue weighted by Gasteiger charge is 2.40. The predicted molar refractivity (Wildman–Crippen MR) is 108 cm³/mol. The Kier molecular flexibility index (Phi) is 4.98. The number of nitriles is 1. The van der Waals surface area contributed by atoms with Crippen molar-refractivity contribution < 1.29 is 13.5 Å². The lowest BCUT2D eigenvalue weighted by molar-refractivity contribution is 0.0950. The summed E-state index contributed by atoms with van der Waals surface area (Å²) in [6.45, 7) is 2.44. The summed E-state index contributed by atoms with van der Waals surface area (Å²) >= 11 is 6.43. The molecule has 2 aromatic rings. The number of nitrogens with zero attached hydrogens (tertiary/aromatic N) is 5. The second-order valence-corrected chi connectivity index (χ2v) is 10.5. The van der Waals surface area contributed by atoms with Gasteiger partial charge in [0.2, 0.25) is 16.0 Å². The van der Waals surface area contributed by atoms with Gasteiger partial charge in [0.15, 0.2) is 0 Å². The van der Waals surface area contributed by atoms with Crippen molar-refractivity contribution in [2.45, 2.75) is 50.2 Å². The van der Waals surface area contributed by atoms with Crippen LogP contribution in [0, 0.1) is 11.3 Å². The van der Waals surface area contributed by atoms with Crippen molar-refractivity contribution in [3.63, 3.8) is 0 Å². The molecule has 0 radical (unpaired) electrons. The quantitative estimate of drug-likeness (QED) is 0.741. The molecule has 2 fully saturated rings. The Morgan fingerprint density at radius 1 is 1.45 bits per heavy atom. The maximum Gasteiger partial charge on any atom is 0.241 e. The topological polar surface area (TPSA) is 124 Å². The highest BCUT2D eigenvalue weighted by molar-refractivity contribution is 7.88. The summed E-state index contributed by atoms with van der Waals surface area (Å²) in [5.41, 5.74) is 1.64. The molecule has 156 valence electrons. The van der Waals surface area contributed by atoms with Crippen LogP contribution in [0.25, 0.3) is 5.52 Å². The Morgan fingerprint density at radius 2 is 2.17 bits per heavy atom. The summed E-state index contributed by atoms with van der Waals surface area (Å²) < 4.78 is 26.4. The first-order valence-corrected chi connectivity index (χ1v) is 11.7. The van der Waals surface area contributed by atoms with Crippen LogP contribution in [0.4, 0.5) is 5.95 Å². The second-order valence-electron chi connectivity index (χ2n) is 8.17. The van der Waals surface area contributed by atoms with Crippen LogP contribution in [0.5, 0.6) is 0 Å². The van der Waals surface area contributed by atoms with Crippen molar-refractivity contribution in [3.05, 3.63) is 22.5 Å². The molecule has 4 rings (SSSR count). The molecule has 2 aromatic heterocycles. The molecular formula is C18H23ClN6O3S. The average molecular weight is 439 g/mol. The summed E-state index contributed by atoms with van der Waals surface area (Å²) in [5.74, 6) is 0.301. The van der Waals surface area contributed by atoms with Gasteiger partial charge < -0.3 is 10.4 Å². The third-order valence-electron chi connectivity index (χ3n) is 6.09. The van der Waals surface area contributed by atoms with E-state index in [-0.39, 0.29) is 18.0 Å². The van der Waals surface area contributed by atoms with Gasteiger partial charge in [0.05, 0.1) is 40.9 Å². The van der Waals surface area contributed by atoms with E-state index in [2.05, 4.69) is 28.4 Å². The SMILES string of the molecule is CC1(c2c(C#N)c(Cl)c3cnc(N[C@@H]4CCN(S(C)(=O)=O)C[C@H]4O)nn23)CCC1. The standard InChI is InChI=1S/C18H23ClN6O3S/c1-18(5-3-6-18)16-11(8-20)15(19)13-9-21-17(23-25(13)16)22-12-4-7-24(10-14(12)26)29(2,27)28/h9,12,14,26H,3-7,10H2,1-2H3,(H,22,23)/t12-,14-/m1/s1. The van der Waals surface area contributed by atoms with Crippen LogP contribution in [0.3, 0.4) is 0 Å². The number of β-amino-alcohol motifs (C(OH)–C–C–N with tert-alkyl or cyclic N) is 1. The maximum atomic E-state index is 11.7. The van der Waals surface area contributed by atoms with Crippen molar-refractivity contribution in [1.29, 1.82) is 5.26 Å². The van der Waals surface area contributed by atoms with Crippen LogP contribution >= 0.6 is 11.6 Å². The van der Waals surface area contributed by atoms with Crippen LogP contribution in [0.2, 0.25) is 5.02 Å². The molecule has 0 unspecified atom stereocenters. The molecule has 0 aromatic carbocycles. The van der Waals surface area contributed by atoms with Crippen molar-refractivity contribution in [2.24, 2.45) is 0 Å². The molecule has 0 bridgehead atoms. The summed E-state index contributed by atoms with van der Waals surface area (Å²) in [5, 5.41) is 28.1. The molecule has 9 nitrogen and oxygen atoms in total. The zero-order chi connectivity index (χ0) is 21.0. The molecule has 11 heteroatoms. The first kappa shape index (κ1) is 20.3. The van der Waals surface area contributed by atoms with Gasteiger partial charge in [0, 0.05) is 18.5 Å². The molecule has 2 N–H and O–H groups in total. The summed E-state index contributed by atoms with van der Waals surface area (Å²) in [6, 6.07) is 1.83. The van der Waals surface area contributed by atoms with Gasteiger partial charge in [-0.2, -0.15) is 9.57 Å². The Morgan fingerprint density at radius 3 is 2.72 bits per heavy atom. The number of hydrogen-bond donors (Lipinski definition) is 2. The van der Waals surface area contributed by atoms with Crippen LogP contribution in [-0.2, 0) is 15.4 Å². The predicted octanol–water partition coefficient (Wildman–Crippen LogP) is 1.50. The molecule has 1 saturated heterocycles. The molecule has 29 heavy (non-hydrogen) atoms. The Hall–Kier alpha value is -1.93. The fourth-order valence-electron chi connectivity index (χ4n) is 4.22. The Labute approximate surface area is 174 Å². The minimum atomic E-state index is -3.34. The van der Waals surface area contributed by atoms with E-state index < -0.39 is 16.1 Å². The van der Waals surface area contributed by atoms with E-state index in [9.17, 15) is 18.8 Å². The molecule has 2 aliphatic rings. The number of hydrogen-bond acceptors (Lipinski definition) is 7. The molecular weight excluding hydrogens is 416 g/mol. The van der Waals surface area contributed by atoms with Gasteiger partial charge in [0.25, 0.3) is 0 Å². The van der Waals surface area contributed by atoms with Crippen LogP contribution < -0.4 is 5.32 Å². The van der Waals surface area contributed by atoms with E-state index >= 15 is 0 Å². The van der Waals surface area contributed by atoms with Gasteiger partial charge in [-0.3, -0.25) is 0 Å². The van der Waals surface area contributed by atoms with Gasteiger partial charge in [0.1, 0.15) is 11.6 Å². The smallest absolute Gasteiger partial charge is 0.241 e. The maximum absolute atomic E-state index is 11.7.